The Hall–Kier alpha value is -3.45. The van der Waals surface area contributed by atoms with E-state index in [2.05, 4.69) is 42.1 Å². The van der Waals surface area contributed by atoms with Crippen LogP contribution in [0.2, 0.25) is 0 Å². The van der Waals surface area contributed by atoms with Gasteiger partial charge in [0, 0.05) is 23.1 Å². The molecular formula is C26H24N4O2S. The van der Waals surface area contributed by atoms with E-state index in [0.29, 0.717) is 29.2 Å². The number of hydrogen-bond donors (Lipinski definition) is 1. The Bertz CT molecular complexity index is 1370. The number of aryl methyl sites for hydroxylation is 1. The van der Waals surface area contributed by atoms with Crippen molar-refractivity contribution >= 4 is 34.8 Å². The molecule has 2 aliphatic carbocycles. The SMILES string of the molecule is Cc1ccccc1N=c1scc(-c2ccc3c(c2)NC(=O)CO3)n1N=CC1CC2C=CC1C2. The first-order chi connectivity index (χ1) is 16.1. The summed E-state index contributed by atoms with van der Waals surface area (Å²) in [5, 5.41) is 9.92. The molecule has 3 aromatic rings. The highest BCUT2D eigenvalue weighted by Gasteiger charge is 2.34. The minimum atomic E-state index is -0.143. The number of fused-ring (bicyclic) bond motifs is 3. The van der Waals surface area contributed by atoms with Crippen LogP contribution in [0.5, 0.6) is 5.75 Å². The standard InChI is InChI=1S/C26H24N4O2S/c1-16-4-2-3-5-21(16)29-26-30(27-13-20-11-17-6-7-18(20)10-17)23(15-33-26)19-8-9-24-22(12-19)28-25(31)14-32-24/h2-9,12-13,15,17-18,20H,10-11,14H2,1H3,(H,28,31). The number of thiazole rings is 1. The van der Waals surface area contributed by atoms with E-state index in [1.807, 2.05) is 41.1 Å². The first-order valence-electron chi connectivity index (χ1n) is 11.2. The molecule has 0 spiro atoms. The first kappa shape index (κ1) is 20.2. The lowest BCUT2D eigenvalue weighted by Crippen LogP contribution is -2.25. The van der Waals surface area contributed by atoms with Crippen LogP contribution in [0.4, 0.5) is 11.4 Å². The molecule has 6 rings (SSSR count). The summed E-state index contributed by atoms with van der Waals surface area (Å²) in [6, 6.07) is 14.0. The van der Waals surface area contributed by atoms with Crippen LogP contribution in [-0.2, 0) is 4.79 Å². The average Bonchev–Trinajstić information content (AvgIpc) is 3.55. The van der Waals surface area contributed by atoms with Crippen molar-refractivity contribution in [3.8, 4) is 17.0 Å². The van der Waals surface area contributed by atoms with Crippen molar-refractivity contribution in [2.24, 2.45) is 27.8 Å². The van der Waals surface area contributed by atoms with Gasteiger partial charge in [-0.1, -0.05) is 30.4 Å². The molecule has 1 aromatic heterocycles. The van der Waals surface area contributed by atoms with Crippen LogP contribution in [-0.4, -0.2) is 23.4 Å². The van der Waals surface area contributed by atoms with Crippen molar-refractivity contribution in [2.75, 3.05) is 11.9 Å². The summed E-state index contributed by atoms with van der Waals surface area (Å²) < 4.78 is 7.46. The monoisotopic (exact) mass is 456 g/mol. The Labute approximate surface area is 196 Å². The zero-order valence-corrected chi connectivity index (χ0v) is 19.1. The molecule has 3 atom stereocenters. The summed E-state index contributed by atoms with van der Waals surface area (Å²) in [4.78, 5) is 17.6. The number of rotatable bonds is 4. The van der Waals surface area contributed by atoms with Crippen LogP contribution in [0.25, 0.3) is 11.3 Å². The molecule has 2 aromatic carbocycles. The van der Waals surface area contributed by atoms with E-state index < -0.39 is 0 Å². The summed E-state index contributed by atoms with van der Waals surface area (Å²) in [6.07, 6.45) is 9.19. The molecule has 2 heterocycles. The van der Waals surface area contributed by atoms with Crippen molar-refractivity contribution in [2.45, 2.75) is 19.8 Å². The lowest BCUT2D eigenvalue weighted by Gasteiger charge is -2.18. The maximum Gasteiger partial charge on any atom is 0.262 e. The summed E-state index contributed by atoms with van der Waals surface area (Å²) in [5.41, 5.74) is 4.62. The minimum Gasteiger partial charge on any atom is -0.482 e. The van der Waals surface area contributed by atoms with Crippen molar-refractivity contribution in [1.82, 2.24) is 4.68 Å². The Morgan fingerprint density at radius 2 is 2.09 bits per heavy atom. The quantitative estimate of drug-likeness (QED) is 0.437. The molecule has 3 unspecified atom stereocenters. The van der Waals surface area contributed by atoms with Crippen LogP contribution in [0, 0.1) is 24.7 Å². The number of anilines is 1. The van der Waals surface area contributed by atoms with Crippen molar-refractivity contribution in [3.63, 3.8) is 0 Å². The predicted octanol–water partition coefficient (Wildman–Crippen LogP) is 5.13. The number of benzene rings is 2. The molecule has 3 aliphatic rings. The third-order valence-corrected chi connectivity index (χ3v) is 7.45. The average molecular weight is 457 g/mol. The predicted molar refractivity (Wildman–Crippen MR) is 131 cm³/mol. The molecule has 6 nitrogen and oxygen atoms in total. The van der Waals surface area contributed by atoms with Crippen LogP contribution < -0.4 is 14.9 Å². The highest BCUT2D eigenvalue weighted by molar-refractivity contribution is 7.07. The Morgan fingerprint density at radius 3 is 2.91 bits per heavy atom. The smallest absolute Gasteiger partial charge is 0.262 e. The first-order valence-corrected chi connectivity index (χ1v) is 12.1. The number of para-hydroxylation sites is 1. The molecule has 1 aliphatic heterocycles. The largest absolute Gasteiger partial charge is 0.482 e. The molecular weight excluding hydrogens is 432 g/mol. The van der Waals surface area contributed by atoms with E-state index in [4.69, 9.17) is 14.8 Å². The van der Waals surface area contributed by atoms with Gasteiger partial charge in [-0.15, -0.1) is 11.3 Å². The fourth-order valence-electron chi connectivity index (χ4n) is 4.87. The zero-order valence-electron chi connectivity index (χ0n) is 18.3. The number of hydrogen-bond acceptors (Lipinski definition) is 5. The number of nitrogens with zero attached hydrogens (tertiary/aromatic N) is 3. The van der Waals surface area contributed by atoms with Crippen molar-refractivity contribution in [1.29, 1.82) is 0 Å². The molecule has 33 heavy (non-hydrogen) atoms. The Morgan fingerprint density at radius 1 is 1.18 bits per heavy atom. The second kappa shape index (κ2) is 8.15. The van der Waals surface area contributed by atoms with Crippen LogP contribution in [0.3, 0.4) is 0 Å². The maximum atomic E-state index is 11.8. The molecule has 0 radical (unpaired) electrons. The van der Waals surface area contributed by atoms with Gasteiger partial charge in [-0.25, -0.2) is 9.67 Å². The van der Waals surface area contributed by atoms with Gasteiger partial charge in [-0.3, -0.25) is 4.79 Å². The summed E-state index contributed by atoms with van der Waals surface area (Å²) in [5.74, 6) is 2.29. The number of ether oxygens (including phenoxy) is 1. The topological polar surface area (TPSA) is 68.0 Å². The maximum absolute atomic E-state index is 11.8. The minimum absolute atomic E-state index is 0.0482. The van der Waals surface area contributed by atoms with Gasteiger partial charge in [0.15, 0.2) is 6.61 Å². The van der Waals surface area contributed by atoms with Gasteiger partial charge in [0.05, 0.1) is 17.1 Å². The van der Waals surface area contributed by atoms with Gasteiger partial charge in [0.1, 0.15) is 5.75 Å². The molecule has 0 saturated heterocycles. The Kier molecular flexibility index (Phi) is 4.99. The summed E-state index contributed by atoms with van der Waals surface area (Å²) in [6.45, 7) is 2.11. The van der Waals surface area contributed by atoms with Crippen molar-refractivity contribution < 1.29 is 9.53 Å². The van der Waals surface area contributed by atoms with E-state index in [-0.39, 0.29) is 12.5 Å². The van der Waals surface area contributed by atoms with Gasteiger partial charge in [0.25, 0.3) is 5.91 Å². The Balaban J connectivity index is 1.44. The normalized spacial score (nSPS) is 23.7. The fourth-order valence-corrected chi connectivity index (χ4v) is 5.72. The van der Waals surface area contributed by atoms with Crippen LogP contribution >= 0.6 is 11.3 Å². The van der Waals surface area contributed by atoms with Crippen molar-refractivity contribution in [3.05, 3.63) is 70.4 Å². The third-order valence-electron chi connectivity index (χ3n) is 6.63. The second-order valence-corrected chi connectivity index (χ2v) is 9.71. The molecule has 7 heteroatoms. The van der Waals surface area contributed by atoms with Gasteiger partial charge in [-0.2, -0.15) is 5.10 Å². The van der Waals surface area contributed by atoms with Crippen LogP contribution in [0.1, 0.15) is 18.4 Å². The highest BCUT2D eigenvalue weighted by Crippen LogP contribution is 2.42. The molecule has 1 saturated carbocycles. The second-order valence-electron chi connectivity index (χ2n) is 8.87. The van der Waals surface area contributed by atoms with E-state index in [1.54, 1.807) is 11.3 Å². The summed E-state index contributed by atoms with van der Waals surface area (Å²) in [7, 11) is 0. The van der Waals surface area contributed by atoms with Gasteiger partial charge < -0.3 is 10.1 Å². The highest BCUT2D eigenvalue weighted by atomic mass is 32.1. The third kappa shape index (κ3) is 3.82. The lowest BCUT2D eigenvalue weighted by molar-refractivity contribution is -0.118. The number of carbonyl (C=O) groups is 1. The number of allylic oxidation sites excluding steroid dienone is 2. The number of aromatic nitrogens is 1. The fraction of sp³-hybridized carbons (Fsp3) is 0.269. The number of amides is 1. The molecule has 1 N–H and O–H groups in total. The van der Waals surface area contributed by atoms with Gasteiger partial charge in [-0.05, 0) is 61.4 Å². The van der Waals surface area contributed by atoms with Crippen LogP contribution in [0.15, 0.2) is 70.1 Å². The van der Waals surface area contributed by atoms with E-state index in [1.165, 1.54) is 6.42 Å². The number of carbonyl (C=O) groups excluding carboxylic acids is 1. The zero-order chi connectivity index (χ0) is 22.4. The summed E-state index contributed by atoms with van der Waals surface area (Å²) >= 11 is 1.56. The molecule has 1 amide bonds. The van der Waals surface area contributed by atoms with E-state index in [0.717, 1.165) is 33.7 Å². The molecule has 2 bridgehead atoms. The lowest BCUT2D eigenvalue weighted by atomic mass is 9.95. The van der Waals surface area contributed by atoms with E-state index >= 15 is 0 Å². The van der Waals surface area contributed by atoms with E-state index in [9.17, 15) is 4.79 Å². The number of nitrogens with one attached hydrogen (secondary N) is 1. The molecule has 166 valence electrons. The van der Waals surface area contributed by atoms with Gasteiger partial charge in [0.2, 0.25) is 4.80 Å². The van der Waals surface area contributed by atoms with Gasteiger partial charge >= 0.3 is 0 Å². The molecule has 1 fully saturated rings.